The summed E-state index contributed by atoms with van der Waals surface area (Å²) in [6.07, 6.45) is -4.75. The number of carbonyl (C=O) groups excluding carboxylic acids is 2. The topological polar surface area (TPSA) is 100 Å². The van der Waals surface area contributed by atoms with E-state index < -0.39 is 29.9 Å². The predicted molar refractivity (Wildman–Crippen MR) is 107 cm³/mol. The lowest BCUT2D eigenvalue weighted by Crippen LogP contribution is -2.46. The van der Waals surface area contributed by atoms with Gasteiger partial charge in [-0.25, -0.2) is 4.79 Å². The molecule has 172 valence electrons. The van der Waals surface area contributed by atoms with E-state index in [-0.39, 0.29) is 18.9 Å². The van der Waals surface area contributed by atoms with Crippen LogP contribution in [0.5, 0.6) is 11.5 Å². The number of hydrogen-bond donors (Lipinski definition) is 3. The van der Waals surface area contributed by atoms with Crippen molar-refractivity contribution in [2.75, 3.05) is 13.2 Å². The molecule has 0 aromatic heterocycles. The first kappa shape index (κ1) is 23.4. The van der Waals surface area contributed by atoms with Gasteiger partial charge in [0.25, 0.3) is 5.91 Å². The Hall–Kier alpha value is -3.31. The van der Waals surface area contributed by atoms with E-state index in [1.165, 1.54) is 24.3 Å². The zero-order valence-electron chi connectivity index (χ0n) is 17.3. The van der Waals surface area contributed by atoms with Gasteiger partial charge in [0.15, 0.2) is 0 Å². The fraction of sp³-hybridized carbons (Fsp3) is 0.333. The Labute approximate surface area is 181 Å². The largest absolute Gasteiger partial charge is 0.573 e. The molecule has 3 rings (SSSR count). The highest BCUT2D eigenvalue weighted by molar-refractivity contribution is 6.06. The monoisotopic (exact) mass is 453 g/mol. The molecule has 1 saturated heterocycles. The van der Waals surface area contributed by atoms with Crippen LogP contribution in [-0.2, 0) is 4.79 Å². The second-order valence-corrected chi connectivity index (χ2v) is 7.70. The number of nitrogens with zero attached hydrogens (tertiary/aromatic N) is 1. The first-order valence-electron chi connectivity index (χ1n) is 9.61. The van der Waals surface area contributed by atoms with E-state index in [0.29, 0.717) is 11.3 Å². The SMILES string of the molecule is CC1(C)NC(=O)N(C[C@@H](COc2ccc(-c3ccc(OC(F)(F)F)cc3)cc2)NO)C1=O. The number of rotatable bonds is 8. The molecule has 1 aliphatic rings. The zero-order valence-corrected chi connectivity index (χ0v) is 17.3. The van der Waals surface area contributed by atoms with Gasteiger partial charge in [0.1, 0.15) is 23.6 Å². The highest BCUT2D eigenvalue weighted by Crippen LogP contribution is 2.27. The molecule has 0 bridgehead atoms. The average molecular weight is 453 g/mol. The van der Waals surface area contributed by atoms with E-state index >= 15 is 0 Å². The normalized spacial score (nSPS) is 16.6. The summed E-state index contributed by atoms with van der Waals surface area (Å²) in [5.74, 6) is -0.250. The Morgan fingerprint density at radius 2 is 1.56 bits per heavy atom. The molecule has 1 aliphatic heterocycles. The van der Waals surface area contributed by atoms with Crippen LogP contribution in [0.1, 0.15) is 13.8 Å². The summed E-state index contributed by atoms with van der Waals surface area (Å²) in [6.45, 7) is 3.05. The molecule has 0 unspecified atom stereocenters. The number of halogens is 3. The molecule has 2 aromatic carbocycles. The van der Waals surface area contributed by atoms with E-state index in [4.69, 9.17) is 4.74 Å². The number of ether oxygens (including phenoxy) is 2. The van der Waals surface area contributed by atoms with Gasteiger partial charge in [-0.1, -0.05) is 24.3 Å². The molecule has 1 fully saturated rings. The van der Waals surface area contributed by atoms with Crippen LogP contribution in [0.3, 0.4) is 0 Å². The van der Waals surface area contributed by atoms with Crippen LogP contribution < -0.4 is 20.3 Å². The molecular weight excluding hydrogens is 431 g/mol. The third-order valence-corrected chi connectivity index (χ3v) is 4.76. The standard InChI is InChI=1S/C21H22F3N3O5/c1-20(2)18(28)27(19(29)25-20)11-15(26-30)12-31-16-7-3-13(4-8-16)14-5-9-17(10-6-14)32-21(22,23)24/h3-10,15,26,30H,11-12H2,1-2H3,(H,25,29)/t15-/m0/s1. The maximum atomic E-state index is 12.3. The molecule has 3 amide bonds. The molecule has 0 saturated carbocycles. The van der Waals surface area contributed by atoms with E-state index in [9.17, 15) is 28.0 Å². The lowest BCUT2D eigenvalue weighted by Gasteiger charge is -2.22. The number of amides is 3. The maximum absolute atomic E-state index is 12.3. The first-order chi connectivity index (χ1) is 15.0. The van der Waals surface area contributed by atoms with Crippen LogP contribution in [0.15, 0.2) is 48.5 Å². The number of carbonyl (C=O) groups is 2. The van der Waals surface area contributed by atoms with Gasteiger partial charge in [-0.2, -0.15) is 5.48 Å². The number of imide groups is 1. The second-order valence-electron chi connectivity index (χ2n) is 7.70. The van der Waals surface area contributed by atoms with E-state index in [1.54, 1.807) is 38.1 Å². The van der Waals surface area contributed by atoms with Gasteiger partial charge in [-0.15, -0.1) is 13.2 Å². The van der Waals surface area contributed by atoms with E-state index in [1.807, 2.05) is 5.48 Å². The highest BCUT2D eigenvalue weighted by Gasteiger charge is 2.44. The predicted octanol–water partition coefficient (Wildman–Crippen LogP) is 3.31. The molecule has 1 atom stereocenters. The Morgan fingerprint density at radius 3 is 2.00 bits per heavy atom. The second kappa shape index (κ2) is 9.05. The Balaban J connectivity index is 1.57. The number of hydroxylamine groups is 1. The van der Waals surface area contributed by atoms with Crippen molar-refractivity contribution in [1.29, 1.82) is 0 Å². The number of alkyl halides is 3. The summed E-state index contributed by atoms with van der Waals surface area (Å²) in [4.78, 5) is 25.2. The van der Waals surface area contributed by atoms with Crippen molar-refractivity contribution < 1.29 is 37.4 Å². The van der Waals surface area contributed by atoms with Crippen molar-refractivity contribution in [2.24, 2.45) is 0 Å². The van der Waals surface area contributed by atoms with Crippen molar-refractivity contribution in [3.8, 4) is 22.6 Å². The first-order valence-corrected chi connectivity index (χ1v) is 9.61. The van der Waals surface area contributed by atoms with E-state index in [2.05, 4.69) is 10.1 Å². The highest BCUT2D eigenvalue weighted by atomic mass is 19.4. The maximum Gasteiger partial charge on any atom is 0.573 e. The van der Waals surface area contributed by atoms with Gasteiger partial charge >= 0.3 is 12.4 Å². The molecule has 2 aromatic rings. The molecule has 32 heavy (non-hydrogen) atoms. The Bertz CT molecular complexity index is 962. The van der Waals surface area contributed by atoms with Gasteiger partial charge < -0.3 is 20.0 Å². The summed E-state index contributed by atoms with van der Waals surface area (Å²) in [6, 6.07) is 10.9. The fourth-order valence-corrected chi connectivity index (χ4v) is 3.12. The summed E-state index contributed by atoms with van der Waals surface area (Å²) >= 11 is 0. The lowest BCUT2D eigenvalue weighted by molar-refractivity contribution is -0.274. The molecule has 1 heterocycles. The van der Waals surface area contributed by atoms with Crippen LogP contribution in [0.25, 0.3) is 11.1 Å². The average Bonchev–Trinajstić information content (AvgIpc) is 2.92. The Morgan fingerprint density at radius 1 is 1.03 bits per heavy atom. The van der Waals surface area contributed by atoms with Gasteiger partial charge in [0, 0.05) is 0 Å². The molecule has 0 radical (unpaired) electrons. The minimum absolute atomic E-state index is 0.0309. The van der Waals surface area contributed by atoms with E-state index in [0.717, 1.165) is 10.5 Å². The summed E-state index contributed by atoms with van der Waals surface area (Å²) in [5, 5.41) is 11.9. The van der Waals surface area contributed by atoms with Crippen LogP contribution >= 0.6 is 0 Å². The molecule has 11 heteroatoms. The number of hydrogen-bond acceptors (Lipinski definition) is 6. The van der Waals surface area contributed by atoms with Crippen molar-refractivity contribution in [2.45, 2.75) is 31.8 Å². The summed E-state index contributed by atoms with van der Waals surface area (Å²) in [7, 11) is 0. The quantitative estimate of drug-likeness (QED) is 0.419. The number of benzene rings is 2. The van der Waals surface area contributed by atoms with Gasteiger partial charge in [0.05, 0.1) is 12.6 Å². The molecule has 0 spiro atoms. The fourth-order valence-electron chi connectivity index (χ4n) is 3.12. The molecule has 3 N–H and O–H groups in total. The smallest absolute Gasteiger partial charge is 0.492 e. The Kier molecular flexibility index (Phi) is 6.60. The van der Waals surface area contributed by atoms with Crippen molar-refractivity contribution in [3.05, 3.63) is 48.5 Å². The molecule has 8 nitrogen and oxygen atoms in total. The van der Waals surface area contributed by atoms with Gasteiger partial charge in [0.2, 0.25) is 0 Å². The minimum Gasteiger partial charge on any atom is -0.492 e. The minimum atomic E-state index is -4.75. The van der Waals surface area contributed by atoms with Crippen LogP contribution in [0.4, 0.5) is 18.0 Å². The summed E-state index contributed by atoms with van der Waals surface area (Å²) < 4.78 is 46.2. The number of nitrogens with one attached hydrogen (secondary N) is 2. The number of urea groups is 1. The summed E-state index contributed by atoms with van der Waals surface area (Å²) in [5.41, 5.74) is 2.45. The van der Waals surface area contributed by atoms with Crippen molar-refractivity contribution in [1.82, 2.24) is 15.7 Å². The van der Waals surface area contributed by atoms with Crippen LogP contribution in [0, 0.1) is 0 Å². The molecular formula is C21H22F3N3O5. The van der Waals surface area contributed by atoms with Crippen LogP contribution in [0.2, 0.25) is 0 Å². The van der Waals surface area contributed by atoms with Gasteiger partial charge in [-0.3, -0.25) is 9.69 Å². The van der Waals surface area contributed by atoms with Crippen molar-refractivity contribution >= 4 is 11.9 Å². The third kappa shape index (κ3) is 5.68. The van der Waals surface area contributed by atoms with Crippen molar-refractivity contribution in [3.63, 3.8) is 0 Å². The zero-order chi connectivity index (χ0) is 23.5. The van der Waals surface area contributed by atoms with Gasteiger partial charge in [-0.05, 0) is 49.2 Å². The molecule has 0 aliphatic carbocycles. The van der Waals surface area contributed by atoms with Crippen LogP contribution in [-0.4, -0.2) is 53.1 Å². The lowest BCUT2D eigenvalue weighted by atomic mass is 10.1. The third-order valence-electron chi connectivity index (χ3n) is 4.76.